The molecule has 0 aliphatic rings. The lowest BCUT2D eigenvalue weighted by Crippen LogP contribution is -2.28. The highest BCUT2D eigenvalue weighted by atomic mass is 19.1. The predicted molar refractivity (Wildman–Crippen MR) is 64.4 cm³/mol. The quantitative estimate of drug-likeness (QED) is 0.733. The van der Waals surface area contributed by atoms with Crippen molar-refractivity contribution in [2.75, 3.05) is 26.2 Å². The first-order valence-electron chi connectivity index (χ1n) is 5.93. The molecular formula is C13H17F2NO2. The zero-order chi connectivity index (χ0) is 13.5. The van der Waals surface area contributed by atoms with Crippen LogP contribution in [0, 0.1) is 11.6 Å². The number of esters is 1. The third kappa shape index (κ3) is 4.07. The van der Waals surface area contributed by atoms with Crippen LogP contribution in [-0.4, -0.2) is 37.1 Å². The molecule has 0 aliphatic heterocycles. The molecule has 100 valence electrons. The van der Waals surface area contributed by atoms with Gasteiger partial charge >= 0.3 is 5.97 Å². The van der Waals surface area contributed by atoms with E-state index in [1.807, 2.05) is 13.8 Å². The summed E-state index contributed by atoms with van der Waals surface area (Å²) in [7, 11) is 0. The molecule has 0 aliphatic carbocycles. The first-order valence-corrected chi connectivity index (χ1v) is 5.93. The number of halogens is 2. The van der Waals surface area contributed by atoms with Crippen LogP contribution in [0.3, 0.4) is 0 Å². The summed E-state index contributed by atoms with van der Waals surface area (Å²) < 4.78 is 31.1. The fourth-order valence-electron chi connectivity index (χ4n) is 1.54. The minimum Gasteiger partial charge on any atom is -0.461 e. The SMILES string of the molecule is CCN(CC)CCOC(=O)c1cc(F)ccc1F. The van der Waals surface area contributed by atoms with Crippen LogP contribution in [0.2, 0.25) is 0 Å². The standard InChI is InChI=1S/C13H17F2NO2/c1-3-16(4-2)7-8-18-13(17)11-9-10(14)5-6-12(11)15/h5-6,9H,3-4,7-8H2,1-2H3. The minimum absolute atomic E-state index is 0.163. The van der Waals surface area contributed by atoms with Gasteiger partial charge in [0.05, 0.1) is 5.56 Å². The van der Waals surface area contributed by atoms with Crippen molar-refractivity contribution in [3.05, 3.63) is 35.4 Å². The van der Waals surface area contributed by atoms with Crippen LogP contribution in [0.4, 0.5) is 8.78 Å². The molecule has 1 aromatic carbocycles. The molecule has 5 heteroatoms. The van der Waals surface area contributed by atoms with Gasteiger partial charge in [-0.2, -0.15) is 0 Å². The number of carbonyl (C=O) groups is 1. The second kappa shape index (κ2) is 7.06. The molecule has 0 radical (unpaired) electrons. The normalized spacial score (nSPS) is 10.7. The molecule has 0 aromatic heterocycles. The van der Waals surface area contributed by atoms with Gasteiger partial charge in [0, 0.05) is 6.54 Å². The van der Waals surface area contributed by atoms with Gasteiger partial charge in [0.25, 0.3) is 0 Å². The van der Waals surface area contributed by atoms with E-state index in [0.717, 1.165) is 31.3 Å². The highest BCUT2D eigenvalue weighted by molar-refractivity contribution is 5.89. The molecule has 1 rings (SSSR count). The number of likely N-dealkylation sites (N-methyl/N-ethyl adjacent to an activating group) is 1. The number of rotatable bonds is 6. The van der Waals surface area contributed by atoms with E-state index in [9.17, 15) is 13.6 Å². The molecule has 0 amide bonds. The number of carbonyl (C=O) groups excluding carboxylic acids is 1. The predicted octanol–water partition coefficient (Wildman–Crippen LogP) is 2.46. The Labute approximate surface area is 105 Å². The van der Waals surface area contributed by atoms with Crippen LogP contribution in [-0.2, 0) is 4.74 Å². The van der Waals surface area contributed by atoms with Gasteiger partial charge < -0.3 is 9.64 Å². The van der Waals surface area contributed by atoms with E-state index in [-0.39, 0.29) is 12.2 Å². The van der Waals surface area contributed by atoms with E-state index < -0.39 is 17.6 Å². The van der Waals surface area contributed by atoms with Crippen LogP contribution in [0.15, 0.2) is 18.2 Å². The van der Waals surface area contributed by atoms with E-state index in [0.29, 0.717) is 6.54 Å². The van der Waals surface area contributed by atoms with Crippen molar-refractivity contribution in [2.24, 2.45) is 0 Å². The molecule has 0 atom stereocenters. The zero-order valence-electron chi connectivity index (χ0n) is 10.6. The minimum atomic E-state index is -0.834. The number of hydrogen-bond donors (Lipinski definition) is 0. The average molecular weight is 257 g/mol. The maximum Gasteiger partial charge on any atom is 0.341 e. The Morgan fingerprint density at radius 1 is 1.28 bits per heavy atom. The van der Waals surface area contributed by atoms with Crippen molar-refractivity contribution in [3.63, 3.8) is 0 Å². The summed E-state index contributed by atoms with van der Waals surface area (Å²) in [6.07, 6.45) is 0. The van der Waals surface area contributed by atoms with Gasteiger partial charge in [-0.25, -0.2) is 13.6 Å². The Balaban J connectivity index is 2.53. The Bertz CT molecular complexity index is 406. The van der Waals surface area contributed by atoms with Gasteiger partial charge in [-0.05, 0) is 31.3 Å². The topological polar surface area (TPSA) is 29.5 Å². The zero-order valence-corrected chi connectivity index (χ0v) is 10.6. The summed E-state index contributed by atoms with van der Waals surface area (Å²) in [5.74, 6) is -2.27. The highest BCUT2D eigenvalue weighted by Gasteiger charge is 2.14. The average Bonchev–Trinajstić information content (AvgIpc) is 2.37. The van der Waals surface area contributed by atoms with E-state index in [1.54, 1.807) is 0 Å². The number of ether oxygens (including phenoxy) is 1. The van der Waals surface area contributed by atoms with Gasteiger partial charge in [-0.15, -0.1) is 0 Å². The fourth-order valence-corrected chi connectivity index (χ4v) is 1.54. The number of hydrogen-bond acceptors (Lipinski definition) is 3. The molecule has 1 aromatic rings. The van der Waals surface area contributed by atoms with Gasteiger partial charge in [0.15, 0.2) is 0 Å². The van der Waals surface area contributed by atoms with E-state index in [2.05, 4.69) is 4.90 Å². The van der Waals surface area contributed by atoms with Gasteiger partial charge in [0.2, 0.25) is 0 Å². The Morgan fingerprint density at radius 2 is 1.94 bits per heavy atom. The number of nitrogens with zero attached hydrogens (tertiary/aromatic N) is 1. The molecule has 3 nitrogen and oxygen atoms in total. The van der Waals surface area contributed by atoms with Gasteiger partial charge in [0.1, 0.15) is 18.2 Å². The highest BCUT2D eigenvalue weighted by Crippen LogP contribution is 2.10. The summed E-state index contributed by atoms with van der Waals surface area (Å²) in [6, 6.07) is 2.72. The van der Waals surface area contributed by atoms with E-state index >= 15 is 0 Å². The molecule has 18 heavy (non-hydrogen) atoms. The third-order valence-corrected chi connectivity index (χ3v) is 2.68. The van der Waals surface area contributed by atoms with Crippen molar-refractivity contribution < 1.29 is 18.3 Å². The summed E-state index contributed by atoms with van der Waals surface area (Å²) in [5.41, 5.74) is -0.366. The molecule has 0 N–H and O–H groups in total. The van der Waals surface area contributed by atoms with Crippen LogP contribution >= 0.6 is 0 Å². The monoisotopic (exact) mass is 257 g/mol. The molecule has 0 saturated heterocycles. The van der Waals surface area contributed by atoms with E-state index in [4.69, 9.17) is 4.74 Å². The Kier molecular flexibility index (Phi) is 5.71. The molecule has 0 bridgehead atoms. The number of benzene rings is 1. The lowest BCUT2D eigenvalue weighted by molar-refractivity contribution is 0.0460. The van der Waals surface area contributed by atoms with Gasteiger partial charge in [-0.1, -0.05) is 13.8 Å². The molecule has 0 spiro atoms. The maximum absolute atomic E-state index is 13.3. The first-order chi connectivity index (χ1) is 8.58. The molecule has 0 saturated carbocycles. The second-order valence-corrected chi connectivity index (χ2v) is 3.79. The lowest BCUT2D eigenvalue weighted by atomic mass is 10.2. The van der Waals surface area contributed by atoms with Crippen molar-refractivity contribution in [3.8, 4) is 0 Å². The molecule has 0 unspecified atom stereocenters. The van der Waals surface area contributed by atoms with Crippen LogP contribution in [0.5, 0.6) is 0 Å². The van der Waals surface area contributed by atoms with Crippen molar-refractivity contribution in [1.29, 1.82) is 0 Å². The maximum atomic E-state index is 13.3. The molecular weight excluding hydrogens is 240 g/mol. The third-order valence-electron chi connectivity index (χ3n) is 2.68. The molecule has 0 fully saturated rings. The van der Waals surface area contributed by atoms with Crippen LogP contribution < -0.4 is 0 Å². The first kappa shape index (κ1) is 14.6. The van der Waals surface area contributed by atoms with Crippen molar-refractivity contribution >= 4 is 5.97 Å². The van der Waals surface area contributed by atoms with Gasteiger partial charge in [-0.3, -0.25) is 0 Å². The summed E-state index contributed by atoms with van der Waals surface area (Å²) in [4.78, 5) is 13.6. The largest absolute Gasteiger partial charge is 0.461 e. The van der Waals surface area contributed by atoms with Crippen molar-refractivity contribution in [2.45, 2.75) is 13.8 Å². The second-order valence-electron chi connectivity index (χ2n) is 3.79. The van der Waals surface area contributed by atoms with E-state index in [1.165, 1.54) is 0 Å². The summed E-state index contributed by atoms with van der Waals surface area (Å²) in [5, 5.41) is 0. The Hall–Kier alpha value is -1.49. The van der Waals surface area contributed by atoms with Crippen molar-refractivity contribution in [1.82, 2.24) is 4.90 Å². The summed E-state index contributed by atoms with van der Waals surface area (Å²) >= 11 is 0. The van der Waals surface area contributed by atoms with Crippen LogP contribution in [0.25, 0.3) is 0 Å². The lowest BCUT2D eigenvalue weighted by Gasteiger charge is -2.17. The fraction of sp³-hybridized carbons (Fsp3) is 0.462. The molecule has 0 heterocycles. The van der Waals surface area contributed by atoms with Crippen LogP contribution in [0.1, 0.15) is 24.2 Å². The summed E-state index contributed by atoms with van der Waals surface area (Å²) in [6.45, 7) is 6.44. The Morgan fingerprint density at radius 3 is 2.56 bits per heavy atom. The smallest absolute Gasteiger partial charge is 0.341 e.